The first-order chi connectivity index (χ1) is 9.93. The first kappa shape index (κ1) is 15.1. The van der Waals surface area contributed by atoms with Crippen LogP contribution < -0.4 is 15.2 Å². The number of anilines is 1. The number of non-ortho nitro benzene ring substituents is 1. The summed E-state index contributed by atoms with van der Waals surface area (Å²) in [6.07, 6.45) is 1.17. The minimum absolute atomic E-state index is 0.000309. The Kier molecular flexibility index (Phi) is 4.29. The highest BCUT2D eigenvalue weighted by molar-refractivity contribution is 6.37. The smallest absolute Gasteiger partial charge is 0.272 e. The summed E-state index contributed by atoms with van der Waals surface area (Å²) >= 11 is 11.9. The zero-order valence-corrected chi connectivity index (χ0v) is 12.1. The third-order valence-electron chi connectivity index (χ3n) is 2.40. The molecule has 0 amide bonds. The molecule has 0 aliphatic carbocycles. The predicted octanol–water partition coefficient (Wildman–Crippen LogP) is 3.07. The zero-order chi connectivity index (χ0) is 15.6. The fraction of sp³-hybridized carbons (Fsp3) is 0.0909. The Balaban J connectivity index is 2.45. The molecule has 0 spiro atoms. The Morgan fingerprint density at radius 1 is 1.24 bits per heavy atom. The maximum absolute atomic E-state index is 10.7. The molecule has 2 rings (SSSR count). The number of nitro benzene ring substituents is 1. The Hall–Kier alpha value is -2.32. The van der Waals surface area contributed by atoms with Crippen molar-refractivity contribution in [2.24, 2.45) is 0 Å². The average Bonchev–Trinajstić information content (AvgIpc) is 2.42. The van der Waals surface area contributed by atoms with Gasteiger partial charge in [0.05, 0.1) is 22.1 Å². The molecule has 1 aromatic carbocycles. The van der Waals surface area contributed by atoms with E-state index in [0.29, 0.717) is 0 Å². The Morgan fingerprint density at radius 2 is 1.86 bits per heavy atom. The second-order valence-corrected chi connectivity index (χ2v) is 4.51. The average molecular weight is 331 g/mol. The van der Waals surface area contributed by atoms with Crippen molar-refractivity contribution in [3.8, 4) is 17.4 Å². The van der Waals surface area contributed by atoms with Crippen LogP contribution in [0.15, 0.2) is 18.5 Å². The number of rotatable bonds is 4. The van der Waals surface area contributed by atoms with E-state index in [0.717, 1.165) is 12.1 Å². The molecular weight excluding hydrogens is 323 g/mol. The number of aromatic nitrogens is 2. The van der Waals surface area contributed by atoms with Crippen molar-refractivity contribution < 1.29 is 14.4 Å². The lowest BCUT2D eigenvalue weighted by atomic mass is 10.3. The molecule has 21 heavy (non-hydrogen) atoms. The lowest BCUT2D eigenvalue weighted by molar-refractivity contribution is -0.384. The van der Waals surface area contributed by atoms with Gasteiger partial charge in [-0.05, 0) is 0 Å². The van der Waals surface area contributed by atoms with Crippen LogP contribution in [0.3, 0.4) is 0 Å². The van der Waals surface area contributed by atoms with Crippen LogP contribution in [0.4, 0.5) is 11.5 Å². The predicted molar refractivity (Wildman–Crippen MR) is 76.2 cm³/mol. The molecule has 110 valence electrons. The fourth-order valence-electron chi connectivity index (χ4n) is 1.48. The van der Waals surface area contributed by atoms with Gasteiger partial charge in [-0.25, -0.2) is 4.98 Å². The summed E-state index contributed by atoms with van der Waals surface area (Å²) < 4.78 is 10.5. The first-order valence-corrected chi connectivity index (χ1v) is 6.15. The fourth-order valence-corrected chi connectivity index (χ4v) is 2.03. The molecule has 0 saturated carbocycles. The molecule has 1 aromatic heterocycles. The number of ether oxygens (including phenoxy) is 2. The van der Waals surface area contributed by atoms with Crippen LogP contribution >= 0.6 is 23.2 Å². The molecule has 10 heteroatoms. The van der Waals surface area contributed by atoms with E-state index in [1.807, 2.05) is 0 Å². The minimum Gasteiger partial charge on any atom is -0.489 e. The minimum atomic E-state index is -0.620. The second kappa shape index (κ2) is 5.98. The van der Waals surface area contributed by atoms with Crippen LogP contribution in [0, 0.1) is 10.1 Å². The maximum Gasteiger partial charge on any atom is 0.272 e. The summed E-state index contributed by atoms with van der Waals surface area (Å²) in [6.45, 7) is 0. The summed E-state index contributed by atoms with van der Waals surface area (Å²) in [6, 6.07) is 2.22. The van der Waals surface area contributed by atoms with Crippen molar-refractivity contribution in [2.45, 2.75) is 0 Å². The molecule has 0 saturated heterocycles. The monoisotopic (exact) mass is 330 g/mol. The lowest BCUT2D eigenvalue weighted by Crippen LogP contribution is -2.01. The SMILES string of the molecule is COc1c(N)ncnc1Oc1c(Cl)cc([N+](=O)[O-])cc1Cl. The van der Waals surface area contributed by atoms with Crippen LogP contribution in [-0.4, -0.2) is 22.0 Å². The van der Waals surface area contributed by atoms with Crippen molar-refractivity contribution in [3.63, 3.8) is 0 Å². The molecule has 0 atom stereocenters. The third-order valence-corrected chi connectivity index (χ3v) is 2.96. The van der Waals surface area contributed by atoms with E-state index in [4.69, 9.17) is 38.4 Å². The molecule has 0 aliphatic rings. The van der Waals surface area contributed by atoms with Crippen LogP contribution in [0.1, 0.15) is 0 Å². The van der Waals surface area contributed by atoms with Crippen molar-refractivity contribution in [1.82, 2.24) is 9.97 Å². The van der Waals surface area contributed by atoms with Gasteiger partial charge >= 0.3 is 0 Å². The van der Waals surface area contributed by atoms with E-state index in [-0.39, 0.29) is 38.9 Å². The lowest BCUT2D eigenvalue weighted by Gasteiger charge is -2.12. The van der Waals surface area contributed by atoms with E-state index in [1.165, 1.54) is 13.4 Å². The van der Waals surface area contributed by atoms with Crippen LogP contribution in [0.5, 0.6) is 17.4 Å². The summed E-state index contributed by atoms with van der Waals surface area (Å²) in [5.41, 5.74) is 5.36. The Labute approximate surface area is 128 Å². The van der Waals surface area contributed by atoms with Crippen molar-refractivity contribution in [1.29, 1.82) is 0 Å². The number of nitro groups is 1. The van der Waals surface area contributed by atoms with Gasteiger partial charge in [-0.2, -0.15) is 4.98 Å². The largest absolute Gasteiger partial charge is 0.489 e. The quantitative estimate of drug-likeness (QED) is 0.676. The molecule has 0 fully saturated rings. The first-order valence-electron chi connectivity index (χ1n) is 5.39. The molecule has 0 aliphatic heterocycles. The van der Waals surface area contributed by atoms with Gasteiger partial charge in [-0.1, -0.05) is 23.2 Å². The summed E-state index contributed by atoms with van der Waals surface area (Å²) in [4.78, 5) is 17.7. The molecule has 2 aromatic rings. The topological polar surface area (TPSA) is 113 Å². The molecular formula is C11H8Cl2N4O4. The normalized spacial score (nSPS) is 10.2. The van der Waals surface area contributed by atoms with Crippen LogP contribution in [0.25, 0.3) is 0 Å². The number of nitrogens with zero attached hydrogens (tertiary/aromatic N) is 3. The van der Waals surface area contributed by atoms with E-state index in [2.05, 4.69) is 9.97 Å². The van der Waals surface area contributed by atoms with Crippen LogP contribution in [0.2, 0.25) is 10.0 Å². The number of methoxy groups -OCH3 is 1. The van der Waals surface area contributed by atoms with E-state index in [9.17, 15) is 10.1 Å². The second-order valence-electron chi connectivity index (χ2n) is 3.70. The number of hydrogen-bond acceptors (Lipinski definition) is 7. The van der Waals surface area contributed by atoms with Crippen molar-refractivity contribution in [3.05, 3.63) is 38.6 Å². The van der Waals surface area contributed by atoms with E-state index < -0.39 is 4.92 Å². The standard InChI is InChI=1S/C11H8Cl2N4O4/c1-20-9-10(14)15-4-16-11(9)21-8-6(12)2-5(17(18)19)3-7(8)13/h2-4H,1H3,(H2,14,15,16). The van der Waals surface area contributed by atoms with Gasteiger partial charge in [-0.15, -0.1) is 0 Å². The number of hydrogen-bond donors (Lipinski definition) is 1. The van der Waals surface area contributed by atoms with Gasteiger partial charge in [0.2, 0.25) is 5.75 Å². The Morgan fingerprint density at radius 3 is 2.38 bits per heavy atom. The summed E-state index contributed by atoms with van der Waals surface area (Å²) in [5.74, 6) is 0.155. The van der Waals surface area contributed by atoms with E-state index in [1.54, 1.807) is 0 Å². The Bertz CT molecular complexity index is 688. The highest BCUT2D eigenvalue weighted by atomic mass is 35.5. The van der Waals surface area contributed by atoms with Gasteiger partial charge in [0.1, 0.15) is 6.33 Å². The maximum atomic E-state index is 10.7. The van der Waals surface area contributed by atoms with Gasteiger partial charge < -0.3 is 15.2 Å². The van der Waals surface area contributed by atoms with Gasteiger partial charge in [-0.3, -0.25) is 10.1 Å². The summed E-state index contributed by atoms with van der Waals surface area (Å²) in [7, 11) is 1.36. The number of nitrogens with two attached hydrogens (primary N) is 1. The highest BCUT2D eigenvalue weighted by Gasteiger charge is 2.19. The van der Waals surface area contributed by atoms with Crippen LogP contribution in [-0.2, 0) is 0 Å². The third kappa shape index (κ3) is 3.06. The summed E-state index contributed by atoms with van der Waals surface area (Å²) in [5, 5.41) is 10.6. The molecule has 0 unspecified atom stereocenters. The van der Waals surface area contributed by atoms with Gasteiger partial charge in [0.15, 0.2) is 11.6 Å². The number of halogens is 2. The van der Waals surface area contributed by atoms with Gasteiger partial charge in [0, 0.05) is 12.1 Å². The molecule has 8 nitrogen and oxygen atoms in total. The van der Waals surface area contributed by atoms with Crippen molar-refractivity contribution >= 4 is 34.7 Å². The molecule has 0 bridgehead atoms. The number of benzene rings is 1. The van der Waals surface area contributed by atoms with Crippen molar-refractivity contribution in [2.75, 3.05) is 12.8 Å². The number of nitrogen functional groups attached to an aromatic ring is 1. The van der Waals surface area contributed by atoms with E-state index >= 15 is 0 Å². The highest BCUT2D eigenvalue weighted by Crippen LogP contribution is 2.41. The zero-order valence-electron chi connectivity index (χ0n) is 10.5. The van der Waals surface area contributed by atoms with Gasteiger partial charge in [0.25, 0.3) is 11.6 Å². The molecule has 1 heterocycles. The molecule has 0 radical (unpaired) electrons. The molecule has 2 N–H and O–H groups in total.